The van der Waals surface area contributed by atoms with Gasteiger partial charge in [0.25, 0.3) is 0 Å². The number of hydrogen-bond acceptors (Lipinski definition) is 5. The van der Waals surface area contributed by atoms with Gasteiger partial charge in [-0.25, -0.2) is 0 Å². The van der Waals surface area contributed by atoms with Crippen LogP contribution in [0.25, 0.3) is 55.6 Å². The maximum absolute atomic E-state index is 10.0. The summed E-state index contributed by atoms with van der Waals surface area (Å²) in [5.41, 5.74) is 8.72. The summed E-state index contributed by atoms with van der Waals surface area (Å²) in [6, 6.07) is 25.9. The molecule has 0 aliphatic rings. The summed E-state index contributed by atoms with van der Waals surface area (Å²) in [5.74, 6) is 0.785. The van der Waals surface area contributed by atoms with Crippen molar-refractivity contribution in [3.8, 4) is 22.6 Å². The molecule has 3 heterocycles. The van der Waals surface area contributed by atoms with Gasteiger partial charge >= 0.3 is 0 Å². The molecular weight excluding hydrogens is 667 g/mol. The molecule has 3 aromatic carbocycles. The molecule has 1 radical (unpaired) electrons. The Hall–Kier alpha value is -3.99. The third-order valence-corrected chi connectivity index (χ3v) is 6.31. The van der Waals surface area contributed by atoms with Crippen LogP contribution in [-0.2, 0) is 24.9 Å². The SMILES string of the molecule is CC(=O)/C=C(/C)O.Cc1cc(C)c(-c2cc3ccc(-c4[c-]ccc5c4oc4ccccc45)nc3o2)c(C)c1.[Ir]. The number of carbonyl (C=O) groups excluding carboxylic acids is 1. The summed E-state index contributed by atoms with van der Waals surface area (Å²) in [6.07, 6.45) is 1.17. The Morgan fingerprint density at radius 2 is 1.64 bits per heavy atom. The zero-order valence-corrected chi connectivity index (χ0v) is 24.8. The average molecular weight is 695 g/mol. The Bertz CT molecular complexity index is 1830. The number of pyridine rings is 1. The first-order valence-electron chi connectivity index (χ1n) is 12.4. The van der Waals surface area contributed by atoms with Crippen LogP contribution in [0.15, 0.2) is 87.4 Å². The van der Waals surface area contributed by atoms with Crippen LogP contribution in [0.2, 0.25) is 0 Å². The second kappa shape index (κ2) is 11.4. The monoisotopic (exact) mass is 695 g/mol. The van der Waals surface area contributed by atoms with Crippen molar-refractivity contribution >= 4 is 38.8 Å². The molecule has 3 aromatic heterocycles. The van der Waals surface area contributed by atoms with Gasteiger partial charge in [0.15, 0.2) is 5.78 Å². The molecule has 0 aliphatic carbocycles. The van der Waals surface area contributed by atoms with Crippen molar-refractivity contribution in [3.63, 3.8) is 0 Å². The minimum atomic E-state index is -0.125. The number of allylic oxidation sites excluding steroid dienone is 2. The number of aromatic nitrogens is 1. The van der Waals surface area contributed by atoms with E-state index in [-0.39, 0.29) is 31.6 Å². The topological polar surface area (TPSA) is 76.5 Å². The molecule has 0 spiro atoms. The molecule has 6 rings (SSSR count). The average Bonchev–Trinajstić information content (AvgIpc) is 3.43. The summed E-state index contributed by atoms with van der Waals surface area (Å²) in [7, 11) is 0. The van der Waals surface area contributed by atoms with Crippen LogP contribution in [0.1, 0.15) is 30.5 Å². The van der Waals surface area contributed by atoms with Gasteiger partial charge in [0.2, 0.25) is 5.71 Å². The number of rotatable bonds is 3. The molecule has 0 atom stereocenters. The zero-order valence-electron chi connectivity index (χ0n) is 22.4. The predicted molar refractivity (Wildman–Crippen MR) is 152 cm³/mol. The number of aryl methyl sites for hydroxylation is 3. The Labute approximate surface area is 240 Å². The van der Waals surface area contributed by atoms with E-state index in [0.29, 0.717) is 5.71 Å². The van der Waals surface area contributed by atoms with Crippen LogP contribution in [0.5, 0.6) is 0 Å². The Balaban J connectivity index is 0.000000394. The molecule has 0 aliphatic heterocycles. The van der Waals surface area contributed by atoms with Gasteiger partial charge in [-0.15, -0.1) is 18.2 Å². The number of fused-ring (bicyclic) bond motifs is 4. The molecule has 0 bridgehead atoms. The van der Waals surface area contributed by atoms with Crippen LogP contribution >= 0.6 is 0 Å². The van der Waals surface area contributed by atoms with Crippen LogP contribution in [0.3, 0.4) is 0 Å². The molecule has 1 N–H and O–H groups in total. The van der Waals surface area contributed by atoms with Crippen LogP contribution in [0, 0.1) is 26.8 Å². The van der Waals surface area contributed by atoms with Crippen molar-refractivity contribution in [1.82, 2.24) is 4.98 Å². The van der Waals surface area contributed by atoms with Gasteiger partial charge in [-0.2, -0.15) is 0 Å². The van der Waals surface area contributed by atoms with E-state index < -0.39 is 0 Å². The van der Waals surface area contributed by atoms with Gasteiger partial charge in [-0.05, 0) is 63.6 Å². The molecule has 0 fully saturated rings. The number of para-hydroxylation sites is 1. The quantitative estimate of drug-likeness (QED) is 0.114. The fourth-order valence-electron chi connectivity index (χ4n) is 4.92. The number of nitrogens with zero attached hydrogens (tertiary/aromatic N) is 1. The molecule has 39 heavy (non-hydrogen) atoms. The number of benzene rings is 3. The third-order valence-electron chi connectivity index (χ3n) is 6.31. The van der Waals surface area contributed by atoms with Gasteiger partial charge in [-0.3, -0.25) is 9.78 Å². The molecule has 199 valence electrons. The number of aliphatic hydroxyl groups is 1. The molecule has 0 saturated heterocycles. The van der Waals surface area contributed by atoms with E-state index in [9.17, 15) is 4.79 Å². The number of ketones is 1. The molecule has 6 heteroatoms. The fourth-order valence-corrected chi connectivity index (χ4v) is 4.92. The fraction of sp³-hybridized carbons (Fsp3) is 0.152. The first kappa shape index (κ1) is 28.0. The summed E-state index contributed by atoms with van der Waals surface area (Å²) in [4.78, 5) is 14.8. The van der Waals surface area contributed by atoms with Crippen molar-refractivity contribution < 1.29 is 38.8 Å². The minimum absolute atomic E-state index is 0. The number of furan rings is 2. The summed E-state index contributed by atoms with van der Waals surface area (Å²) >= 11 is 0. The molecule has 0 unspecified atom stereocenters. The van der Waals surface area contributed by atoms with E-state index in [0.717, 1.165) is 49.9 Å². The van der Waals surface area contributed by atoms with Gasteiger partial charge in [0.1, 0.15) is 11.3 Å². The van der Waals surface area contributed by atoms with Crippen molar-refractivity contribution in [2.24, 2.45) is 0 Å². The summed E-state index contributed by atoms with van der Waals surface area (Å²) in [5, 5.41) is 11.5. The maximum atomic E-state index is 10.0. The first-order chi connectivity index (χ1) is 18.2. The Morgan fingerprint density at radius 1 is 0.923 bits per heavy atom. The molecule has 0 amide bonds. The van der Waals surface area contributed by atoms with E-state index in [2.05, 4.69) is 57.2 Å². The van der Waals surface area contributed by atoms with E-state index >= 15 is 0 Å². The van der Waals surface area contributed by atoms with E-state index in [1.807, 2.05) is 36.4 Å². The van der Waals surface area contributed by atoms with Gasteiger partial charge in [-0.1, -0.05) is 59.0 Å². The number of aliphatic hydroxyl groups excluding tert-OH is 1. The molecule has 0 saturated carbocycles. The molecular formula is C33H28IrNO4-. The van der Waals surface area contributed by atoms with Crippen molar-refractivity contribution in [2.45, 2.75) is 34.6 Å². The van der Waals surface area contributed by atoms with Gasteiger partial charge in [0.05, 0.1) is 11.3 Å². The second-order valence-electron chi connectivity index (χ2n) is 9.57. The standard InChI is InChI=1S/C28H20NO2.C5H8O2.Ir/c1-16-13-17(2)26(18(3)14-16)25-15-19-11-12-23(29-28(19)31-25)22-9-6-8-21-20-7-4-5-10-24(20)30-27(21)22;1-4(6)3-5(2)7;/h4-8,10-15H,1-3H3;3,6H,1-2H3;/q-1;;/b;4-3-;. The van der Waals surface area contributed by atoms with Crippen molar-refractivity contribution in [1.29, 1.82) is 0 Å². The maximum Gasteiger partial charge on any atom is 0.217 e. The minimum Gasteiger partial charge on any atom is -0.512 e. The van der Waals surface area contributed by atoms with Crippen molar-refractivity contribution in [3.05, 3.63) is 101 Å². The van der Waals surface area contributed by atoms with Gasteiger partial charge in [0, 0.05) is 42.5 Å². The summed E-state index contributed by atoms with van der Waals surface area (Å²) in [6.45, 7) is 9.21. The Kier molecular flexibility index (Phi) is 8.19. The third kappa shape index (κ3) is 5.73. The second-order valence-corrected chi connectivity index (χ2v) is 9.57. The van der Waals surface area contributed by atoms with Crippen LogP contribution < -0.4 is 0 Å². The first-order valence-corrected chi connectivity index (χ1v) is 12.4. The predicted octanol–water partition coefficient (Wildman–Crippen LogP) is 8.82. The number of hydrogen-bond donors (Lipinski definition) is 1. The molecule has 6 aromatic rings. The zero-order chi connectivity index (χ0) is 27.0. The van der Waals surface area contributed by atoms with E-state index in [1.54, 1.807) is 0 Å². The van der Waals surface area contributed by atoms with Crippen LogP contribution in [0.4, 0.5) is 0 Å². The molecule has 5 nitrogen and oxygen atoms in total. The largest absolute Gasteiger partial charge is 0.512 e. The van der Waals surface area contributed by atoms with E-state index in [1.165, 1.54) is 36.6 Å². The van der Waals surface area contributed by atoms with E-state index in [4.69, 9.17) is 18.9 Å². The van der Waals surface area contributed by atoms with Crippen molar-refractivity contribution in [2.75, 3.05) is 0 Å². The smallest absolute Gasteiger partial charge is 0.217 e. The Morgan fingerprint density at radius 3 is 2.31 bits per heavy atom. The van der Waals surface area contributed by atoms with Gasteiger partial charge < -0.3 is 13.9 Å². The number of carbonyl (C=O) groups is 1. The van der Waals surface area contributed by atoms with Crippen LogP contribution in [-0.4, -0.2) is 15.9 Å². The normalized spacial score (nSPS) is 11.4. The summed E-state index contributed by atoms with van der Waals surface area (Å²) < 4.78 is 12.4.